The van der Waals surface area contributed by atoms with Gasteiger partial charge in [0.05, 0.1) is 4.75 Å². The van der Waals surface area contributed by atoms with E-state index in [1.807, 2.05) is 6.07 Å². The summed E-state index contributed by atoms with van der Waals surface area (Å²) in [4.78, 5) is 4.18. The van der Waals surface area contributed by atoms with Gasteiger partial charge in [-0.3, -0.25) is 4.98 Å². The SMILES string of the molecule is O=[SH](=O)C1(c2ccc(O)c3ncccc23)CCCCC1. The van der Waals surface area contributed by atoms with Gasteiger partial charge in [-0.25, -0.2) is 8.42 Å². The average Bonchev–Trinajstić information content (AvgIpc) is 2.48. The van der Waals surface area contributed by atoms with Crippen molar-refractivity contribution in [1.82, 2.24) is 4.98 Å². The molecule has 1 aliphatic rings. The van der Waals surface area contributed by atoms with E-state index >= 15 is 0 Å². The maximum atomic E-state index is 12.0. The molecule has 106 valence electrons. The van der Waals surface area contributed by atoms with Crippen LogP contribution in [0.5, 0.6) is 5.75 Å². The summed E-state index contributed by atoms with van der Waals surface area (Å²) in [6, 6.07) is 6.92. The number of aromatic nitrogens is 1. The van der Waals surface area contributed by atoms with Gasteiger partial charge in [-0.1, -0.05) is 31.4 Å². The molecule has 5 heteroatoms. The number of phenolic OH excluding ortho intramolecular Hbond substituents is 1. The van der Waals surface area contributed by atoms with E-state index in [4.69, 9.17) is 0 Å². The maximum absolute atomic E-state index is 12.0. The minimum atomic E-state index is -2.57. The summed E-state index contributed by atoms with van der Waals surface area (Å²) in [5.74, 6) is 0.0939. The van der Waals surface area contributed by atoms with Crippen molar-refractivity contribution in [2.45, 2.75) is 36.9 Å². The molecule has 0 amide bonds. The van der Waals surface area contributed by atoms with Gasteiger partial charge in [0, 0.05) is 11.6 Å². The number of phenols is 1. The molecule has 0 atom stereocenters. The van der Waals surface area contributed by atoms with Crippen LogP contribution in [0.3, 0.4) is 0 Å². The van der Waals surface area contributed by atoms with Crippen LogP contribution in [0.15, 0.2) is 30.5 Å². The summed E-state index contributed by atoms with van der Waals surface area (Å²) >= 11 is 0. The number of thiol groups is 1. The molecule has 1 saturated carbocycles. The van der Waals surface area contributed by atoms with Crippen LogP contribution >= 0.6 is 0 Å². The molecule has 3 rings (SSSR count). The quantitative estimate of drug-likeness (QED) is 0.835. The van der Waals surface area contributed by atoms with Crippen molar-refractivity contribution >= 4 is 21.6 Å². The van der Waals surface area contributed by atoms with E-state index in [1.165, 1.54) is 0 Å². The molecule has 0 bridgehead atoms. The second kappa shape index (κ2) is 5.05. The van der Waals surface area contributed by atoms with Gasteiger partial charge in [-0.05, 0) is 30.5 Å². The van der Waals surface area contributed by atoms with E-state index in [2.05, 4.69) is 4.98 Å². The first-order valence-corrected chi connectivity index (χ1v) is 8.04. The minimum Gasteiger partial charge on any atom is -0.506 e. The van der Waals surface area contributed by atoms with Gasteiger partial charge >= 0.3 is 0 Å². The van der Waals surface area contributed by atoms with E-state index in [9.17, 15) is 13.5 Å². The molecule has 0 saturated heterocycles. The maximum Gasteiger partial charge on any atom is 0.150 e. The molecule has 20 heavy (non-hydrogen) atoms. The molecule has 1 aromatic carbocycles. The second-order valence-electron chi connectivity index (χ2n) is 5.38. The van der Waals surface area contributed by atoms with E-state index < -0.39 is 15.5 Å². The number of nitrogens with zero attached hydrogens (tertiary/aromatic N) is 1. The molecule has 0 unspecified atom stereocenters. The lowest BCUT2D eigenvalue weighted by Crippen LogP contribution is -2.30. The van der Waals surface area contributed by atoms with Crippen molar-refractivity contribution in [1.29, 1.82) is 0 Å². The van der Waals surface area contributed by atoms with Crippen LogP contribution < -0.4 is 0 Å². The highest BCUT2D eigenvalue weighted by atomic mass is 32.2. The fourth-order valence-corrected chi connectivity index (χ4v) is 4.32. The van der Waals surface area contributed by atoms with Crippen LogP contribution in [-0.4, -0.2) is 18.5 Å². The molecule has 1 heterocycles. The third kappa shape index (κ3) is 1.97. The average molecular weight is 291 g/mol. The van der Waals surface area contributed by atoms with E-state index in [1.54, 1.807) is 24.4 Å². The smallest absolute Gasteiger partial charge is 0.150 e. The summed E-state index contributed by atoms with van der Waals surface area (Å²) in [5.41, 5.74) is 1.26. The van der Waals surface area contributed by atoms with Gasteiger partial charge in [0.15, 0.2) is 0 Å². The Labute approximate surface area is 119 Å². The number of rotatable bonds is 2. The monoisotopic (exact) mass is 291 g/mol. The first-order valence-electron chi connectivity index (χ1n) is 6.87. The highest BCUT2D eigenvalue weighted by Crippen LogP contribution is 2.43. The van der Waals surface area contributed by atoms with Crippen LogP contribution in [0.2, 0.25) is 0 Å². The summed E-state index contributed by atoms with van der Waals surface area (Å²) in [6.07, 6.45) is 5.84. The van der Waals surface area contributed by atoms with Gasteiger partial charge in [-0.15, -0.1) is 0 Å². The topological polar surface area (TPSA) is 67.3 Å². The fraction of sp³-hybridized carbons (Fsp3) is 0.400. The van der Waals surface area contributed by atoms with Crippen LogP contribution in [0.1, 0.15) is 37.7 Å². The third-order valence-electron chi connectivity index (χ3n) is 4.28. The highest BCUT2D eigenvalue weighted by Gasteiger charge is 2.38. The van der Waals surface area contributed by atoms with Gasteiger partial charge in [0.1, 0.15) is 22.0 Å². The molecule has 0 radical (unpaired) electrons. The molecule has 1 aromatic heterocycles. The molecule has 1 aliphatic carbocycles. The number of hydrogen-bond acceptors (Lipinski definition) is 4. The Morgan fingerprint density at radius 2 is 1.85 bits per heavy atom. The van der Waals surface area contributed by atoms with Gasteiger partial charge in [0.25, 0.3) is 0 Å². The molecule has 2 aromatic rings. The number of fused-ring (bicyclic) bond motifs is 1. The fourth-order valence-electron chi connectivity index (χ4n) is 3.25. The standard InChI is InChI=1S/C15H17NO3S/c17-13-7-6-12(11-5-4-10-16-14(11)13)15(20(18)19)8-2-1-3-9-15/h4-7,10,17,20H,1-3,8-9H2. The lowest BCUT2D eigenvalue weighted by atomic mass is 9.81. The number of benzene rings is 1. The van der Waals surface area contributed by atoms with Crippen molar-refractivity contribution in [3.05, 3.63) is 36.0 Å². The van der Waals surface area contributed by atoms with Crippen molar-refractivity contribution in [3.8, 4) is 5.75 Å². The number of aromatic hydroxyl groups is 1. The second-order valence-corrected chi connectivity index (χ2v) is 6.75. The van der Waals surface area contributed by atoms with Gasteiger partial charge in [-0.2, -0.15) is 0 Å². The molecule has 0 aliphatic heterocycles. The molecular weight excluding hydrogens is 274 g/mol. The number of pyridine rings is 1. The Kier molecular flexibility index (Phi) is 3.38. The molecular formula is C15H17NO3S. The Morgan fingerprint density at radius 1 is 1.10 bits per heavy atom. The van der Waals surface area contributed by atoms with Crippen molar-refractivity contribution in [3.63, 3.8) is 0 Å². The Balaban J connectivity index is 2.30. The minimum absolute atomic E-state index is 0.0939. The van der Waals surface area contributed by atoms with E-state index in [-0.39, 0.29) is 5.75 Å². The van der Waals surface area contributed by atoms with Crippen molar-refractivity contribution in [2.24, 2.45) is 0 Å². The predicted octanol–water partition coefficient (Wildman–Crippen LogP) is 2.71. The first kappa shape index (κ1) is 13.4. The Bertz CT molecular complexity index is 710. The zero-order chi connectivity index (χ0) is 14.2. The number of hydrogen-bond donors (Lipinski definition) is 2. The molecule has 0 spiro atoms. The lowest BCUT2D eigenvalue weighted by Gasteiger charge is -2.33. The Morgan fingerprint density at radius 3 is 2.55 bits per heavy atom. The van der Waals surface area contributed by atoms with Gasteiger partial charge < -0.3 is 5.11 Å². The van der Waals surface area contributed by atoms with Crippen molar-refractivity contribution in [2.75, 3.05) is 0 Å². The summed E-state index contributed by atoms with van der Waals surface area (Å²) < 4.78 is 23.1. The summed E-state index contributed by atoms with van der Waals surface area (Å²) in [7, 11) is -2.57. The van der Waals surface area contributed by atoms with Crippen LogP contribution in [0.4, 0.5) is 0 Å². The largest absolute Gasteiger partial charge is 0.506 e. The zero-order valence-electron chi connectivity index (χ0n) is 11.1. The molecule has 4 nitrogen and oxygen atoms in total. The van der Waals surface area contributed by atoms with Crippen LogP contribution in [0, 0.1) is 0 Å². The first-order chi connectivity index (χ1) is 9.65. The van der Waals surface area contributed by atoms with Crippen LogP contribution in [-0.2, 0) is 15.5 Å². The highest BCUT2D eigenvalue weighted by molar-refractivity contribution is 7.73. The predicted molar refractivity (Wildman–Crippen MR) is 78.5 cm³/mol. The normalized spacial score (nSPS) is 18.4. The molecule has 1 N–H and O–H groups in total. The van der Waals surface area contributed by atoms with Gasteiger partial charge in [0.2, 0.25) is 0 Å². The zero-order valence-corrected chi connectivity index (χ0v) is 12.0. The third-order valence-corrected chi connectivity index (χ3v) is 5.67. The molecule has 1 fully saturated rings. The lowest BCUT2D eigenvalue weighted by molar-refractivity contribution is 0.389. The van der Waals surface area contributed by atoms with E-state index in [0.717, 1.165) is 30.2 Å². The Hall–Kier alpha value is -1.62. The summed E-state index contributed by atoms with van der Waals surface area (Å²) in [5, 5.41) is 10.6. The summed E-state index contributed by atoms with van der Waals surface area (Å²) in [6.45, 7) is 0. The van der Waals surface area contributed by atoms with Crippen molar-refractivity contribution < 1.29 is 13.5 Å². The van der Waals surface area contributed by atoms with E-state index in [0.29, 0.717) is 18.4 Å². The van der Waals surface area contributed by atoms with Crippen LogP contribution in [0.25, 0.3) is 10.9 Å².